The number of ether oxygens (including phenoxy) is 2. The second kappa shape index (κ2) is 8.76. The van der Waals surface area contributed by atoms with Crippen LogP contribution in [0, 0.1) is 11.8 Å². The summed E-state index contributed by atoms with van der Waals surface area (Å²) in [5, 5.41) is 8.96. The summed E-state index contributed by atoms with van der Waals surface area (Å²) >= 11 is 0. The van der Waals surface area contributed by atoms with Gasteiger partial charge < -0.3 is 14.6 Å². The van der Waals surface area contributed by atoms with Gasteiger partial charge in [0.25, 0.3) is 0 Å². The fourth-order valence-corrected chi connectivity index (χ4v) is 0.720. The van der Waals surface area contributed by atoms with Crippen LogP contribution in [0.3, 0.4) is 0 Å². The van der Waals surface area contributed by atoms with Crippen molar-refractivity contribution in [2.24, 2.45) is 0 Å². The van der Waals surface area contributed by atoms with E-state index in [2.05, 4.69) is 11.8 Å². The van der Waals surface area contributed by atoms with Crippen molar-refractivity contribution >= 4 is 0 Å². The quantitative estimate of drug-likeness (QED) is 0.528. The summed E-state index contributed by atoms with van der Waals surface area (Å²) in [6, 6.07) is 0. The van der Waals surface area contributed by atoms with Crippen LogP contribution in [-0.4, -0.2) is 37.6 Å². The number of hydrogen-bond acceptors (Lipinski definition) is 3. The van der Waals surface area contributed by atoms with Crippen LogP contribution in [-0.2, 0) is 9.47 Å². The average molecular weight is 198 g/mol. The van der Waals surface area contributed by atoms with Crippen LogP contribution in [0.25, 0.3) is 0 Å². The van der Waals surface area contributed by atoms with Crippen LogP contribution in [0.15, 0.2) is 12.2 Å². The van der Waals surface area contributed by atoms with Crippen molar-refractivity contribution in [2.75, 3.05) is 20.3 Å². The van der Waals surface area contributed by atoms with Gasteiger partial charge >= 0.3 is 0 Å². The Hall–Kier alpha value is -0.820. The monoisotopic (exact) mass is 198 g/mol. The number of aliphatic hydroxyl groups is 1. The Bertz CT molecular complexity index is 210. The van der Waals surface area contributed by atoms with Gasteiger partial charge in [0.2, 0.25) is 0 Å². The Morgan fingerprint density at radius 1 is 1.21 bits per heavy atom. The molecule has 1 N–H and O–H groups in total. The first kappa shape index (κ1) is 13.2. The van der Waals surface area contributed by atoms with E-state index < -0.39 is 6.10 Å². The van der Waals surface area contributed by atoms with Crippen molar-refractivity contribution in [1.29, 1.82) is 0 Å². The Balaban J connectivity index is 3.55. The molecule has 0 aromatic heterocycles. The lowest BCUT2D eigenvalue weighted by Crippen LogP contribution is -2.06. The largest absolute Gasteiger partial charge is 0.389 e. The van der Waals surface area contributed by atoms with E-state index in [1.54, 1.807) is 20.1 Å². The summed E-state index contributed by atoms with van der Waals surface area (Å²) in [6.07, 6.45) is 3.04. The van der Waals surface area contributed by atoms with E-state index in [1.165, 1.54) is 0 Å². The van der Waals surface area contributed by atoms with E-state index in [-0.39, 0.29) is 6.10 Å². The van der Waals surface area contributed by atoms with E-state index in [9.17, 15) is 0 Å². The molecule has 0 amide bonds. The van der Waals surface area contributed by atoms with E-state index >= 15 is 0 Å². The molecule has 0 aliphatic carbocycles. The maximum atomic E-state index is 8.96. The van der Waals surface area contributed by atoms with Crippen molar-refractivity contribution in [2.45, 2.75) is 26.1 Å². The SMILES string of the molecule is COCC#CCO[C@H](C)/C=C/C(C)O. The normalized spacial score (nSPS) is 14.9. The molecule has 14 heavy (non-hydrogen) atoms. The minimum absolute atomic E-state index is 0.0264. The van der Waals surface area contributed by atoms with E-state index in [4.69, 9.17) is 14.6 Å². The molecular formula is C11H18O3. The molecule has 0 bridgehead atoms. The molecule has 0 radical (unpaired) electrons. The maximum absolute atomic E-state index is 8.96. The molecule has 1 unspecified atom stereocenters. The van der Waals surface area contributed by atoms with Crippen LogP contribution in [0.4, 0.5) is 0 Å². The zero-order chi connectivity index (χ0) is 10.8. The van der Waals surface area contributed by atoms with Gasteiger partial charge in [-0.15, -0.1) is 0 Å². The molecule has 0 saturated carbocycles. The summed E-state index contributed by atoms with van der Waals surface area (Å²) in [5.41, 5.74) is 0. The molecule has 0 aromatic carbocycles. The van der Waals surface area contributed by atoms with Gasteiger partial charge in [-0.25, -0.2) is 0 Å². The first-order valence-corrected chi connectivity index (χ1v) is 4.59. The van der Waals surface area contributed by atoms with Gasteiger partial charge in [0.1, 0.15) is 13.2 Å². The van der Waals surface area contributed by atoms with E-state index in [0.717, 1.165) is 0 Å². The molecule has 0 rings (SSSR count). The van der Waals surface area contributed by atoms with Crippen molar-refractivity contribution in [3.8, 4) is 11.8 Å². The van der Waals surface area contributed by atoms with Crippen LogP contribution in [0.5, 0.6) is 0 Å². The molecule has 0 aromatic rings. The Morgan fingerprint density at radius 3 is 2.43 bits per heavy atom. The summed E-state index contributed by atoms with van der Waals surface area (Å²) in [7, 11) is 1.60. The Morgan fingerprint density at radius 2 is 1.86 bits per heavy atom. The van der Waals surface area contributed by atoms with E-state index in [1.807, 2.05) is 13.0 Å². The van der Waals surface area contributed by atoms with E-state index in [0.29, 0.717) is 13.2 Å². The Labute approximate surface area is 85.7 Å². The lowest BCUT2D eigenvalue weighted by atomic mass is 10.3. The van der Waals surface area contributed by atoms with Gasteiger partial charge in [-0.1, -0.05) is 24.0 Å². The molecule has 2 atom stereocenters. The van der Waals surface area contributed by atoms with Crippen molar-refractivity contribution in [1.82, 2.24) is 0 Å². The zero-order valence-electron chi connectivity index (χ0n) is 8.99. The van der Waals surface area contributed by atoms with Gasteiger partial charge in [0, 0.05) is 7.11 Å². The van der Waals surface area contributed by atoms with Crippen molar-refractivity contribution < 1.29 is 14.6 Å². The average Bonchev–Trinajstić information content (AvgIpc) is 2.14. The zero-order valence-corrected chi connectivity index (χ0v) is 8.99. The summed E-state index contributed by atoms with van der Waals surface area (Å²) in [6.45, 7) is 4.41. The fraction of sp³-hybridized carbons (Fsp3) is 0.636. The number of rotatable bonds is 5. The van der Waals surface area contributed by atoms with Crippen LogP contribution in [0.1, 0.15) is 13.8 Å². The second-order valence-corrected chi connectivity index (χ2v) is 2.93. The third kappa shape index (κ3) is 9.27. The lowest BCUT2D eigenvalue weighted by molar-refractivity contribution is 0.125. The van der Waals surface area contributed by atoms with Gasteiger partial charge in [-0.05, 0) is 13.8 Å². The molecule has 0 aliphatic heterocycles. The number of methoxy groups -OCH3 is 1. The molecule has 0 spiro atoms. The highest BCUT2D eigenvalue weighted by Crippen LogP contribution is 1.94. The molecule has 0 aliphatic rings. The number of aliphatic hydroxyl groups excluding tert-OH is 1. The standard InChI is InChI=1S/C11H18O3/c1-10(12)6-7-11(2)14-9-5-4-8-13-3/h6-7,10-12H,8-9H2,1-3H3/b7-6+/t10?,11-/m1/s1. The second-order valence-electron chi connectivity index (χ2n) is 2.93. The maximum Gasteiger partial charge on any atom is 0.108 e. The van der Waals surface area contributed by atoms with Crippen LogP contribution in [0.2, 0.25) is 0 Å². The highest BCUT2D eigenvalue weighted by Gasteiger charge is 1.94. The molecule has 80 valence electrons. The minimum atomic E-state index is -0.430. The highest BCUT2D eigenvalue weighted by molar-refractivity contribution is 5.00. The van der Waals surface area contributed by atoms with Crippen LogP contribution < -0.4 is 0 Å². The molecule has 0 heterocycles. The van der Waals surface area contributed by atoms with Gasteiger partial charge in [-0.3, -0.25) is 0 Å². The molecule has 0 fully saturated rings. The predicted octanol–water partition coefficient (Wildman–Crippen LogP) is 0.978. The highest BCUT2D eigenvalue weighted by atomic mass is 16.5. The Kier molecular flexibility index (Phi) is 8.25. The topological polar surface area (TPSA) is 38.7 Å². The molecule has 3 nitrogen and oxygen atoms in total. The summed E-state index contributed by atoms with van der Waals surface area (Å²) < 4.78 is 10.1. The molecule has 0 saturated heterocycles. The summed E-state index contributed by atoms with van der Waals surface area (Å²) in [4.78, 5) is 0. The minimum Gasteiger partial charge on any atom is -0.389 e. The van der Waals surface area contributed by atoms with Crippen molar-refractivity contribution in [3.05, 3.63) is 12.2 Å². The smallest absolute Gasteiger partial charge is 0.108 e. The molecule has 3 heteroatoms. The number of hydrogen-bond donors (Lipinski definition) is 1. The third-order valence-corrected chi connectivity index (χ3v) is 1.42. The van der Waals surface area contributed by atoms with Gasteiger partial charge in [-0.2, -0.15) is 0 Å². The van der Waals surface area contributed by atoms with Crippen molar-refractivity contribution in [3.63, 3.8) is 0 Å². The van der Waals surface area contributed by atoms with Gasteiger partial charge in [0.15, 0.2) is 0 Å². The first-order chi connectivity index (χ1) is 6.66. The first-order valence-electron chi connectivity index (χ1n) is 4.59. The predicted molar refractivity (Wildman–Crippen MR) is 55.9 cm³/mol. The fourth-order valence-electron chi connectivity index (χ4n) is 0.720. The molecular weight excluding hydrogens is 180 g/mol. The third-order valence-electron chi connectivity index (χ3n) is 1.42. The van der Waals surface area contributed by atoms with Crippen LogP contribution >= 0.6 is 0 Å². The summed E-state index contributed by atoms with van der Waals surface area (Å²) in [5.74, 6) is 5.60. The van der Waals surface area contributed by atoms with Gasteiger partial charge in [0.05, 0.1) is 12.2 Å². The lowest BCUT2D eigenvalue weighted by Gasteiger charge is -2.05.